The van der Waals surface area contributed by atoms with E-state index in [9.17, 15) is 10.2 Å². The SMILES string of the molecule is N#Cc1ccc(CCN2CCC(O)(COc3ccc(O)cc3)CC2)cc1. The van der Waals surface area contributed by atoms with Crippen molar-refractivity contribution in [1.82, 2.24) is 4.90 Å². The number of hydrogen-bond donors (Lipinski definition) is 2. The van der Waals surface area contributed by atoms with Gasteiger partial charge in [0.05, 0.1) is 11.6 Å². The minimum Gasteiger partial charge on any atom is -0.508 e. The number of phenolic OH excluding ortho intramolecular Hbond substituents is 1. The second kappa shape index (κ2) is 8.22. The minimum atomic E-state index is -0.803. The molecule has 0 unspecified atom stereocenters. The number of nitriles is 1. The standard InChI is InChI=1S/C21H24N2O3/c22-15-18-3-1-17(2-4-18)9-12-23-13-10-21(25,11-14-23)16-26-20-7-5-19(24)6-8-20/h1-8,24-25H,9-14,16H2. The van der Waals surface area contributed by atoms with Crippen LogP contribution in [0.15, 0.2) is 48.5 Å². The summed E-state index contributed by atoms with van der Waals surface area (Å²) < 4.78 is 5.68. The third-order valence-corrected chi connectivity index (χ3v) is 4.93. The van der Waals surface area contributed by atoms with Crippen molar-refractivity contribution in [2.24, 2.45) is 0 Å². The van der Waals surface area contributed by atoms with Crippen LogP contribution in [0.4, 0.5) is 0 Å². The molecule has 0 spiro atoms. The maximum Gasteiger partial charge on any atom is 0.119 e. The van der Waals surface area contributed by atoms with E-state index in [4.69, 9.17) is 10.00 Å². The van der Waals surface area contributed by atoms with Crippen LogP contribution in [0.3, 0.4) is 0 Å². The molecule has 0 aromatic heterocycles. The average Bonchev–Trinajstić information content (AvgIpc) is 2.68. The molecule has 1 aliphatic rings. The first kappa shape index (κ1) is 18.2. The maximum absolute atomic E-state index is 10.7. The Morgan fingerprint density at radius 2 is 1.69 bits per heavy atom. The Morgan fingerprint density at radius 3 is 2.31 bits per heavy atom. The number of aromatic hydroxyl groups is 1. The molecule has 26 heavy (non-hydrogen) atoms. The molecule has 5 heteroatoms. The van der Waals surface area contributed by atoms with E-state index in [-0.39, 0.29) is 12.4 Å². The fourth-order valence-electron chi connectivity index (χ4n) is 3.13. The van der Waals surface area contributed by atoms with E-state index >= 15 is 0 Å². The van der Waals surface area contributed by atoms with Crippen molar-refractivity contribution in [1.29, 1.82) is 5.26 Å². The molecular weight excluding hydrogens is 328 g/mol. The normalized spacial score (nSPS) is 16.8. The molecule has 136 valence electrons. The lowest BCUT2D eigenvalue weighted by atomic mass is 9.92. The Balaban J connectivity index is 1.42. The highest BCUT2D eigenvalue weighted by Crippen LogP contribution is 2.24. The second-order valence-electron chi connectivity index (χ2n) is 6.91. The van der Waals surface area contributed by atoms with E-state index in [0.717, 1.165) is 26.1 Å². The van der Waals surface area contributed by atoms with Crippen molar-refractivity contribution in [3.63, 3.8) is 0 Å². The maximum atomic E-state index is 10.7. The number of piperidine rings is 1. The Bertz CT molecular complexity index is 742. The van der Waals surface area contributed by atoms with Gasteiger partial charge in [0, 0.05) is 19.6 Å². The predicted molar refractivity (Wildman–Crippen MR) is 99.1 cm³/mol. The summed E-state index contributed by atoms with van der Waals surface area (Å²) in [6.07, 6.45) is 2.30. The first-order chi connectivity index (χ1) is 12.6. The number of rotatable bonds is 6. The van der Waals surface area contributed by atoms with E-state index < -0.39 is 5.60 Å². The summed E-state index contributed by atoms with van der Waals surface area (Å²) in [5.41, 5.74) is 1.11. The van der Waals surface area contributed by atoms with Crippen LogP contribution in [0, 0.1) is 11.3 Å². The summed E-state index contributed by atoms with van der Waals surface area (Å²) in [6.45, 7) is 2.89. The number of nitrogens with zero attached hydrogens (tertiary/aromatic N) is 2. The summed E-state index contributed by atoms with van der Waals surface area (Å²) in [5.74, 6) is 0.853. The number of hydrogen-bond acceptors (Lipinski definition) is 5. The van der Waals surface area contributed by atoms with Gasteiger partial charge in [-0.15, -0.1) is 0 Å². The Labute approximate surface area is 154 Å². The zero-order chi connectivity index (χ0) is 18.4. The number of aliphatic hydroxyl groups is 1. The molecule has 1 fully saturated rings. The van der Waals surface area contributed by atoms with E-state index in [1.807, 2.05) is 24.3 Å². The van der Waals surface area contributed by atoms with E-state index in [1.54, 1.807) is 24.3 Å². The number of likely N-dealkylation sites (tertiary alicyclic amines) is 1. The topological polar surface area (TPSA) is 76.7 Å². The lowest BCUT2D eigenvalue weighted by Crippen LogP contribution is -2.48. The Hall–Kier alpha value is -2.55. The monoisotopic (exact) mass is 352 g/mol. The molecule has 1 saturated heterocycles. The first-order valence-corrected chi connectivity index (χ1v) is 8.92. The zero-order valence-electron chi connectivity index (χ0n) is 14.8. The van der Waals surface area contributed by atoms with Gasteiger partial charge in [0.25, 0.3) is 0 Å². The summed E-state index contributed by atoms with van der Waals surface area (Å²) in [7, 11) is 0. The van der Waals surface area contributed by atoms with Crippen molar-refractivity contribution < 1.29 is 14.9 Å². The van der Waals surface area contributed by atoms with Crippen LogP contribution in [0.2, 0.25) is 0 Å². The van der Waals surface area contributed by atoms with Gasteiger partial charge in [0.2, 0.25) is 0 Å². The van der Waals surface area contributed by atoms with Gasteiger partial charge in [-0.05, 0) is 61.2 Å². The molecule has 2 N–H and O–H groups in total. The van der Waals surface area contributed by atoms with Gasteiger partial charge in [0.15, 0.2) is 0 Å². The van der Waals surface area contributed by atoms with Crippen molar-refractivity contribution in [3.8, 4) is 17.6 Å². The fourth-order valence-corrected chi connectivity index (χ4v) is 3.13. The molecule has 0 aliphatic carbocycles. The highest BCUT2D eigenvalue weighted by atomic mass is 16.5. The molecule has 0 saturated carbocycles. The van der Waals surface area contributed by atoms with Crippen molar-refractivity contribution >= 4 is 0 Å². The van der Waals surface area contributed by atoms with Crippen molar-refractivity contribution in [2.75, 3.05) is 26.2 Å². The average molecular weight is 352 g/mol. The van der Waals surface area contributed by atoms with Crippen LogP contribution in [0.25, 0.3) is 0 Å². The van der Waals surface area contributed by atoms with Crippen LogP contribution in [-0.4, -0.2) is 47.0 Å². The summed E-state index contributed by atoms with van der Waals surface area (Å²) >= 11 is 0. The molecule has 0 atom stereocenters. The minimum absolute atomic E-state index is 0.201. The van der Waals surface area contributed by atoms with Gasteiger partial charge in [-0.3, -0.25) is 0 Å². The molecule has 2 aromatic rings. The highest BCUT2D eigenvalue weighted by Gasteiger charge is 2.33. The van der Waals surface area contributed by atoms with Gasteiger partial charge in [-0.25, -0.2) is 0 Å². The predicted octanol–water partition coefficient (Wildman–Crippen LogP) is 2.71. The molecule has 2 aromatic carbocycles. The van der Waals surface area contributed by atoms with E-state index in [2.05, 4.69) is 11.0 Å². The number of ether oxygens (including phenoxy) is 1. The van der Waals surface area contributed by atoms with Gasteiger partial charge in [0.1, 0.15) is 23.7 Å². The Morgan fingerprint density at radius 1 is 1.04 bits per heavy atom. The fraction of sp³-hybridized carbons (Fsp3) is 0.381. The van der Waals surface area contributed by atoms with E-state index in [0.29, 0.717) is 24.2 Å². The molecule has 1 heterocycles. The number of benzene rings is 2. The zero-order valence-corrected chi connectivity index (χ0v) is 14.8. The summed E-state index contributed by atoms with van der Waals surface area (Å²) in [6, 6.07) is 16.4. The smallest absolute Gasteiger partial charge is 0.119 e. The lowest BCUT2D eigenvalue weighted by Gasteiger charge is -2.38. The van der Waals surface area contributed by atoms with Crippen LogP contribution in [0.5, 0.6) is 11.5 Å². The van der Waals surface area contributed by atoms with Crippen LogP contribution < -0.4 is 4.74 Å². The third kappa shape index (κ3) is 4.98. The molecule has 0 bridgehead atoms. The van der Waals surface area contributed by atoms with Crippen molar-refractivity contribution in [2.45, 2.75) is 24.9 Å². The van der Waals surface area contributed by atoms with Gasteiger partial charge >= 0.3 is 0 Å². The summed E-state index contributed by atoms with van der Waals surface area (Å²) in [4.78, 5) is 2.35. The Kier molecular flexibility index (Phi) is 5.77. The second-order valence-corrected chi connectivity index (χ2v) is 6.91. The van der Waals surface area contributed by atoms with E-state index in [1.165, 1.54) is 5.56 Å². The molecule has 3 rings (SSSR count). The highest BCUT2D eigenvalue weighted by molar-refractivity contribution is 5.32. The quantitative estimate of drug-likeness (QED) is 0.836. The summed E-state index contributed by atoms with van der Waals surface area (Å²) in [5, 5.41) is 28.8. The van der Waals surface area contributed by atoms with Gasteiger partial charge in [-0.1, -0.05) is 12.1 Å². The molecule has 0 amide bonds. The third-order valence-electron chi connectivity index (χ3n) is 4.93. The van der Waals surface area contributed by atoms with Crippen molar-refractivity contribution in [3.05, 3.63) is 59.7 Å². The molecular formula is C21H24N2O3. The molecule has 5 nitrogen and oxygen atoms in total. The first-order valence-electron chi connectivity index (χ1n) is 8.92. The number of phenols is 1. The van der Waals surface area contributed by atoms with Crippen LogP contribution in [-0.2, 0) is 6.42 Å². The van der Waals surface area contributed by atoms with Gasteiger partial charge < -0.3 is 19.8 Å². The van der Waals surface area contributed by atoms with Gasteiger partial charge in [-0.2, -0.15) is 5.26 Å². The largest absolute Gasteiger partial charge is 0.508 e. The van der Waals surface area contributed by atoms with Crippen LogP contribution >= 0.6 is 0 Å². The lowest BCUT2D eigenvalue weighted by molar-refractivity contribution is -0.0521. The van der Waals surface area contributed by atoms with Crippen LogP contribution in [0.1, 0.15) is 24.0 Å². The molecule has 1 aliphatic heterocycles. The molecule has 0 radical (unpaired) electrons.